The molecule has 3 rings (SSSR count). The largest absolute Gasteiger partial charge is 0.494 e. The minimum Gasteiger partial charge on any atom is -0.494 e. The number of carbonyl (C=O) groups excluding carboxylic acids is 1. The normalized spacial score (nSPS) is 10.6. The maximum Gasteiger partial charge on any atom is 0.257 e. The number of imidazole rings is 1. The number of ether oxygens (including phenoxy) is 3. The molecule has 0 bridgehead atoms. The summed E-state index contributed by atoms with van der Waals surface area (Å²) in [7, 11) is 1.62. The smallest absolute Gasteiger partial charge is 0.257 e. The third-order valence-corrected chi connectivity index (χ3v) is 3.92. The fourth-order valence-corrected chi connectivity index (χ4v) is 2.65. The molecular weight excluding hydrogens is 346 g/mol. The van der Waals surface area contributed by atoms with Crippen LogP contribution in [0.15, 0.2) is 48.8 Å². The van der Waals surface area contributed by atoms with Gasteiger partial charge in [0.2, 0.25) is 0 Å². The van der Waals surface area contributed by atoms with Crippen molar-refractivity contribution in [2.24, 2.45) is 0 Å². The molecule has 0 radical (unpaired) electrons. The molecule has 1 N–H and O–H groups in total. The summed E-state index contributed by atoms with van der Waals surface area (Å²) in [5, 5.41) is 2.84. The second kappa shape index (κ2) is 8.93. The summed E-state index contributed by atoms with van der Waals surface area (Å²) in [6.07, 6.45) is 4.47. The van der Waals surface area contributed by atoms with Crippen molar-refractivity contribution >= 4 is 11.6 Å². The van der Waals surface area contributed by atoms with Crippen LogP contribution < -0.4 is 19.5 Å². The number of nitrogens with one attached hydrogen (secondary N) is 1. The number of nitrogens with zero attached hydrogens (tertiary/aromatic N) is 2. The summed E-state index contributed by atoms with van der Waals surface area (Å²) in [5.41, 5.74) is 1.65. The molecule has 3 aromatic rings. The van der Waals surface area contributed by atoms with E-state index in [1.54, 1.807) is 19.2 Å². The minimum atomic E-state index is -0.176. The molecule has 0 aliphatic heterocycles. The molecule has 0 spiro atoms. The van der Waals surface area contributed by atoms with E-state index in [0.29, 0.717) is 25.3 Å². The molecule has 142 valence electrons. The number of aromatic nitrogens is 2. The van der Waals surface area contributed by atoms with Crippen molar-refractivity contribution in [2.45, 2.75) is 13.3 Å². The highest BCUT2D eigenvalue weighted by molar-refractivity contribution is 5.77. The van der Waals surface area contributed by atoms with Crippen LogP contribution >= 0.6 is 0 Å². The van der Waals surface area contributed by atoms with Gasteiger partial charge in [0.1, 0.15) is 11.5 Å². The van der Waals surface area contributed by atoms with Crippen molar-refractivity contribution in [3.8, 4) is 17.2 Å². The molecule has 1 amide bonds. The summed E-state index contributed by atoms with van der Waals surface area (Å²) < 4.78 is 18.1. The second-order valence-electron chi connectivity index (χ2n) is 5.83. The van der Waals surface area contributed by atoms with Crippen molar-refractivity contribution in [2.75, 3.05) is 26.9 Å². The zero-order chi connectivity index (χ0) is 19.1. The molecular formula is C20H23N3O4. The van der Waals surface area contributed by atoms with Gasteiger partial charge >= 0.3 is 0 Å². The maximum atomic E-state index is 11.9. The lowest BCUT2D eigenvalue weighted by Crippen LogP contribution is -2.30. The van der Waals surface area contributed by atoms with Gasteiger partial charge in [-0.3, -0.25) is 4.79 Å². The quantitative estimate of drug-likeness (QED) is 0.627. The summed E-state index contributed by atoms with van der Waals surface area (Å²) >= 11 is 0. The van der Waals surface area contributed by atoms with Gasteiger partial charge in [0.05, 0.1) is 19.4 Å². The van der Waals surface area contributed by atoms with Gasteiger partial charge in [-0.15, -0.1) is 0 Å². The number of hydrogen-bond donors (Lipinski definition) is 1. The number of fused-ring (bicyclic) bond motifs is 1. The van der Waals surface area contributed by atoms with Gasteiger partial charge in [-0.05, 0) is 43.3 Å². The summed E-state index contributed by atoms with van der Waals surface area (Å²) in [4.78, 5) is 16.5. The molecule has 0 saturated carbocycles. The van der Waals surface area contributed by atoms with Crippen LogP contribution in [0, 0.1) is 0 Å². The van der Waals surface area contributed by atoms with Crippen LogP contribution in [-0.4, -0.2) is 42.2 Å². The first kappa shape index (κ1) is 18.6. The lowest BCUT2D eigenvalue weighted by Gasteiger charge is -2.08. The summed E-state index contributed by atoms with van der Waals surface area (Å²) in [6, 6.07) is 11.0. The zero-order valence-corrected chi connectivity index (χ0v) is 15.5. The van der Waals surface area contributed by atoms with Crippen molar-refractivity contribution < 1.29 is 19.0 Å². The zero-order valence-electron chi connectivity index (χ0n) is 15.5. The number of amides is 1. The summed E-state index contributed by atoms with van der Waals surface area (Å²) in [6.45, 7) is 2.99. The first-order valence-electron chi connectivity index (χ1n) is 8.82. The van der Waals surface area contributed by atoms with E-state index in [1.165, 1.54) is 0 Å². The fourth-order valence-electron chi connectivity index (χ4n) is 2.65. The maximum absolute atomic E-state index is 11.9. The molecule has 0 saturated heterocycles. The van der Waals surface area contributed by atoms with E-state index in [-0.39, 0.29) is 12.5 Å². The Hall–Kier alpha value is -3.22. The van der Waals surface area contributed by atoms with Gasteiger partial charge in [0.25, 0.3) is 5.91 Å². The third kappa shape index (κ3) is 4.91. The summed E-state index contributed by atoms with van der Waals surface area (Å²) in [5.74, 6) is 1.95. The highest BCUT2D eigenvalue weighted by Gasteiger charge is 2.08. The van der Waals surface area contributed by atoms with Crippen LogP contribution in [0.25, 0.3) is 5.65 Å². The van der Waals surface area contributed by atoms with Crippen LogP contribution in [-0.2, 0) is 11.2 Å². The molecule has 0 unspecified atom stereocenters. The van der Waals surface area contributed by atoms with E-state index < -0.39 is 0 Å². The average molecular weight is 369 g/mol. The van der Waals surface area contributed by atoms with Crippen LogP contribution in [0.4, 0.5) is 0 Å². The molecule has 0 aliphatic carbocycles. The molecule has 0 fully saturated rings. The van der Waals surface area contributed by atoms with E-state index in [0.717, 1.165) is 22.8 Å². The van der Waals surface area contributed by atoms with Crippen LogP contribution in [0.3, 0.4) is 0 Å². The number of hydrogen-bond acceptors (Lipinski definition) is 5. The van der Waals surface area contributed by atoms with E-state index >= 15 is 0 Å². The SMILES string of the molecule is CCOc1ccc(OCC(=O)NCCc2cn3cccc(OC)c3n2)cc1. The standard InChI is InChI=1S/C20H23N3O4/c1-3-26-16-6-8-17(9-7-16)27-14-19(24)21-11-10-15-13-23-12-4-5-18(25-2)20(23)22-15/h4-9,12-13H,3,10-11,14H2,1-2H3,(H,21,24). The highest BCUT2D eigenvalue weighted by atomic mass is 16.5. The number of pyridine rings is 1. The molecule has 27 heavy (non-hydrogen) atoms. The fraction of sp³-hybridized carbons (Fsp3) is 0.300. The number of carbonyl (C=O) groups is 1. The van der Waals surface area contributed by atoms with Crippen molar-refractivity contribution in [3.05, 3.63) is 54.5 Å². The minimum absolute atomic E-state index is 0.0348. The van der Waals surface area contributed by atoms with Gasteiger partial charge in [-0.2, -0.15) is 0 Å². The predicted molar refractivity (Wildman–Crippen MR) is 102 cm³/mol. The number of rotatable bonds is 9. The van der Waals surface area contributed by atoms with E-state index in [4.69, 9.17) is 14.2 Å². The first-order valence-corrected chi connectivity index (χ1v) is 8.82. The van der Waals surface area contributed by atoms with E-state index in [1.807, 2.05) is 48.0 Å². The molecule has 7 nitrogen and oxygen atoms in total. The Balaban J connectivity index is 1.44. The molecule has 2 heterocycles. The van der Waals surface area contributed by atoms with E-state index in [9.17, 15) is 4.79 Å². The van der Waals surface area contributed by atoms with Gasteiger partial charge in [-0.1, -0.05) is 0 Å². The lowest BCUT2D eigenvalue weighted by atomic mass is 10.3. The van der Waals surface area contributed by atoms with Crippen LogP contribution in [0.2, 0.25) is 0 Å². The van der Waals surface area contributed by atoms with Crippen LogP contribution in [0.1, 0.15) is 12.6 Å². The highest BCUT2D eigenvalue weighted by Crippen LogP contribution is 2.18. The molecule has 2 aromatic heterocycles. The monoisotopic (exact) mass is 369 g/mol. The number of methoxy groups -OCH3 is 1. The molecule has 1 aromatic carbocycles. The third-order valence-electron chi connectivity index (χ3n) is 3.92. The van der Waals surface area contributed by atoms with Crippen molar-refractivity contribution in [1.29, 1.82) is 0 Å². The molecule has 7 heteroatoms. The Morgan fingerprint density at radius 3 is 2.59 bits per heavy atom. The van der Waals surface area contributed by atoms with Crippen molar-refractivity contribution in [3.63, 3.8) is 0 Å². The van der Waals surface area contributed by atoms with Gasteiger partial charge in [0.15, 0.2) is 18.0 Å². The van der Waals surface area contributed by atoms with Gasteiger partial charge in [-0.25, -0.2) is 4.98 Å². The topological polar surface area (TPSA) is 74.1 Å². The van der Waals surface area contributed by atoms with E-state index in [2.05, 4.69) is 10.3 Å². The van der Waals surface area contributed by atoms with Gasteiger partial charge < -0.3 is 23.9 Å². The Kier molecular flexibility index (Phi) is 6.14. The van der Waals surface area contributed by atoms with Crippen molar-refractivity contribution in [1.82, 2.24) is 14.7 Å². The Morgan fingerprint density at radius 1 is 1.15 bits per heavy atom. The molecule has 0 atom stereocenters. The van der Waals surface area contributed by atoms with Gasteiger partial charge in [0, 0.05) is 25.4 Å². The Labute approximate surface area is 157 Å². The Morgan fingerprint density at radius 2 is 1.89 bits per heavy atom. The lowest BCUT2D eigenvalue weighted by molar-refractivity contribution is -0.123. The average Bonchev–Trinajstić information content (AvgIpc) is 3.10. The van der Waals surface area contributed by atoms with Crippen LogP contribution in [0.5, 0.6) is 17.2 Å². The molecule has 0 aliphatic rings. The number of benzene rings is 1. The first-order chi connectivity index (χ1) is 13.2. The second-order valence-corrected chi connectivity index (χ2v) is 5.83. The Bertz CT molecular complexity index is 890. The predicted octanol–water partition coefficient (Wildman–Crippen LogP) is 2.48.